The van der Waals surface area contributed by atoms with Crippen molar-refractivity contribution in [1.29, 1.82) is 0 Å². The number of carbonyl (C=O) groups is 1. The summed E-state index contributed by atoms with van der Waals surface area (Å²) in [7, 11) is 0. The number of thiocarbonyl (C=S) groups is 1. The third-order valence-corrected chi connectivity index (χ3v) is 4.29. The van der Waals surface area contributed by atoms with Crippen LogP contribution in [0.5, 0.6) is 0 Å². The van der Waals surface area contributed by atoms with Crippen molar-refractivity contribution in [2.75, 3.05) is 26.3 Å². The first-order chi connectivity index (χ1) is 9.75. The monoisotopic (exact) mass is 307 g/mol. The SMILES string of the molecule is O=C1/C(=C\c2ccccn2)SC(=S)N1N1CCOCC1. The number of morpholine rings is 1. The maximum absolute atomic E-state index is 12.5. The Labute approximate surface area is 126 Å². The van der Waals surface area contributed by atoms with E-state index in [4.69, 9.17) is 17.0 Å². The van der Waals surface area contributed by atoms with E-state index >= 15 is 0 Å². The van der Waals surface area contributed by atoms with Gasteiger partial charge in [-0.15, -0.1) is 0 Å². The molecule has 0 aromatic carbocycles. The predicted octanol–water partition coefficient (Wildman–Crippen LogP) is 1.53. The lowest BCUT2D eigenvalue weighted by Gasteiger charge is -2.33. The molecule has 3 heterocycles. The lowest BCUT2D eigenvalue weighted by molar-refractivity contribution is -0.138. The van der Waals surface area contributed by atoms with Crippen LogP contribution in [0.1, 0.15) is 5.69 Å². The van der Waals surface area contributed by atoms with Crippen molar-refractivity contribution in [3.63, 3.8) is 0 Å². The number of hydrazine groups is 1. The second-order valence-electron chi connectivity index (χ2n) is 4.31. The number of nitrogens with zero attached hydrogens (tertiary/aromatic N) is 3. The van der Waals surface area contributed by atoms with E-state index in [2.05, 4.69) is 4.98 Å². The fraction of sp³-hybridized carbons (Fsp3) is 0.308. The van der Waals surface area contributed by atoms with Crippen molar-refractivity contribution in [3.05, 3.63) is 35.0 Å². The zero-order valence-electron chi connectivity index (χ0n) is 10.7. The highest BCUT2D eigenvalue weighted by Crippen LogP contribution is 2.33. The highest BCUT2D eigenvalue weighted by molar-refractivity contribution is 8.26. The molecule has 7 heteroatoms. The number of hydrogen-bond donors (Lipinski definition) is 0. The summed E-state index contributed by atoms with van der Waals surface area (Å²) in [5, 5.41) is 3.53. The van der Waals surface area contributed by atoms with Crippen molar-refractivity contribution in [3.8, 4) is 0 Å². The molecular weight excluding hydrogens is 294 g/mol. The minimum atomic E-state index is -0.0763. The van der Waals surface area contributed by atoms with E-state index in [1.54, 1.807) is 17.3 Å². The molecule has 0 unspecified atom stereocenters. The second kappa shape index (κ2) is 6.01. The molecule has 0 radical (unpaired) electrons. The van der Waals surface area contributed by atoms with E-state index in [0.717, 1.165) is 5.69 Å². The van der Waals surface area contributed by atoms with Gasteiger partial charge in [-0.3, -0.25) is 9.78 Å². The molecule has 0 saturated carbocycles. The molecule has 1 amide bonds. The molecule has 2 aliphatic heterocycles. The lowest BCUT2D eigenvalue weighted by Crippen LogP contribution is -2.50. The van der Waals surface area contributed by atoms with Gasteiger partial charge in [0.15, 0.2) is 4.32 Å². The van der Waals surface area contributed by atoms with Gasteiger partial charge >= 0.3 is 0 Å². The number of aromatic nitrogens is 1. The minimum absolute atomic E-state index is 0.0763. The van der Waals surface area contributed by atoms with Crippen molar-refractivity contribution < 1.29 is 9.53 Å². The maximum atomic E-state index is 12.5. The van der Waals surface area contributed by atoms with Gasteiger partial charge in [-0.05, 0) is 18.2 Å². The molecule has 2 fully saturated rings. The number of rotatable bonds is 2. The molecule has 2 aliphatic rings. The third-order valence-electron chi connectivity index (χ3n) is 3.01. The van der Waals surface area contributed by atoms with E-state index in [1.165, 1.54) is 11.8 Å². The Morgan fingerprint density at radius 1 is 1.35 bits per heavy atom. The van der Waals surface area contributed by atoms with Gasteiger partial charge in [-0.1, -0.05) is 30.0 Å². The smallest absolute Gasteiger partial charge is 0.281 e. The Balaban J connectivity index is 1.81. The summed E-state index contributed by atoms with van der Waals surface area (Å²) in [5.74, 6) is -0.0763. The van der Waals surface area contributed by atoms with Gasteiger partial charge in [0.25, 0.3) is 5.91 Å². The van der Waals surface area contributed by atoms with E-state index in [-0.39, 0.29) is 5.91 Å². The second-order valence-corrected chi connectivity index (χ2v) is 5.99. The third kappa shape index (κ3) is 2.76. The predicted molar refractivity (Wildman–Crippen MR) is 81.6 cm³/mol. The lowest BCUT2D eigenvalue weighted by atomic mass is 10.3. The van der Waals surface area contributed by atoms with Crippen LogP contribution in [-0.4, -0.2) is 51.5 Å². The quantitative estimate of drug-likeness (QED) is 0.610. The highest BCUT2D eigenvalue weighted by atomic mass is 32.2. The van der Waals surface area contributed by atoms with E-state index in [0.29, 0.717) is 35.5 Å². The summed E-state index contributed by atoms with van der Waals surface area (Å²) in [4.78, 5) is 17.3. The van der Waals surface area contributed by atoms with Crippen LogP contribution >= 0.6 is 24.0 Å². The Morgan fingerprint density at radius 3 is 2.85 bits per heavy atom. The molecule has 1 aromatic rings. The molecule has 1 aromatic heterocycles. The van der Waals surface area contributed by atoms with E-state index in [1.807, 2.05) is 23.2 Å². The molecule has 104 valence electrons. The first kappa shape index (κ1) is 13.7. The number of hydrogen-bond acceptors (Lipinski definition) is 6. The molecule has 3 rings (SSSR count). The fourth-order valence-electron chi connectivity index (χ4n) is 2.05. The van der Waals surface area contributed by atoms with Gasteiger partial charge < -0.3 is 4.74 Å². The summed E-state index contributed by atoms with van der Waals surface area (Å²) in [5.41, 5.74) is 0.759. The van der Waals surface area contributed by atoms with E-state index < -0.39 is 0 Å². The van der Waals surface area contributed by atoms with Crippen LogP contribution < -0.4 is 0 Å². The van der Waals surface area contributed by atoms with Crippen molar-refractivity contribution >= 4 is 40.3 Å². The van der Waals surface area contributed by atoms with Crippen LogP contribution in [0.25, 0.3) is 6.08 Å². The van der Waals surface area contributed by atoms with Crippen molar-refractivity contribution in [2.24, 2.45) is 0 Å². The van der Waals surface area contributed by atoms with E-state index in [9.17, 15) is 4.79 Å². The molecule has 2 saturated heterocycles. The number of ether oxygens (including phenoxy) is 1. The van der Waals surface area contributed by atoms with Crippen LogP contribution in [0.4, 0.5) is 0 Å². The zero-order chi connectivity index (χ0) is 13.9. The molecule has 0 spiro atoms. The summed E-state index contributed by atoms with van der Waals surface area (Å²) < 4.78 is 5.87. The normalized spacial score (nSPS) is 22.8. The summed E-state index contributed by atoms with van der Waals surface area (Å²) in [6, 6.07) is 5.60. The number of amides is 1. The molecule has 0 atom stereocenters. The van der Waals surface area contributed by atoms with Gasteiger partial charge in [-0.2, -0.15) is 0 Å². The summed E-state index contributed by atoms with van der Waals surface area (Å²) in [6.07, 6.45) is 3.48. The minimum Gasteiger partial charge on any atom is -0.379 e. The first-order valence-electron chi connectivity index (χ1n) is 6.27. The molecule has 20 heavy (non-hydrogen) atoms. The summed E-state index contributed by atoms with van der Waals surface area (Å²) >= 11 is 6.63. The fourth-order valence-corrected chi connectivity index (χ4v) is 3.35. The molecular formula is C13H13N3O2S2. The van der Waals surface area contributed by atoms with Crippen molar-refractivity contribution in [1.82, 2.24) is 15.0 Å². The average Bonchev–Trinajstić information content (AvgIpc) is 2.75. The van der Waals surface area contributed by atoms with Crippen LogP contribution in [0.3, 0.4) is 0 Å². The molecule has 0 N–H and O–H groups in total. The van der Waals surface area contributed by atoms with Gasteiger partial charge in [0.1, 0.15) is 0 Å². The Bertz CT molecular complexity index is 556. The highest BCUT2D eigenvalue weighted by Gasteiger charge is 2.36. The largest absolute Gasteiger partial charge is 0.379 e. The number of pyridine rings is 1. The van der Waals surface area contributed by atoms with Crippen LogP contribution in [0, 0.1) is 0 Å². The number of thioether (sulfide) groups is 1. The average molecular weight is 307 g/mol. The van der Waals surface area contributed by atoms with Gasteiger partial charge in [0.05, 0.1) is 23.8 Å². The first-order valence-corrected chi connectivity index (χ1v) is 7.50. The number of carbonyl (C=O) groups excluding carboxylic acids is 1. The van der Waals surface area contributed by atoms with Crippen LogP contribution in [0.2, 0.25) is 0 Å². The summed E-state index contributed by atoms with van der Waals surface area (Å²) in [6.45, 7) is 2.61. The van der Waals surface area contributed by atoms with Gasteiger partial charge in [0.2, 0.25) is 0 Å². The Morgan fingerprint density at radius 2 is 2.15 bits per heavy atom. The molecule has 0 aliphatic carbocycles. The Kier molecular flexibility index (Phi) is 4.11. The van der Waals surface area contributed by atoms with Gasteiger partial charge in [-0.25, -0.2) is 10.0 Å². The molecule has 5 nitrogen and oxygen atoms in total. The van der Waals surface area contributed by atoms with Gasteiger partial charge in [0, 0.05) is 19.3 Å². The molecule has 0 bridgehead atoms. The zero-order valence-corrected chi connectivity index (χ0v) is 12.3. The van der Waals surface area contributed by atoms with Crippen LogP contribution in [0.15, 0.2) is 29.3 Å². The van der Waals surface area contributed by atoms with Crippen molar-refractivity contribution in [2.45, 2.75) is 0 Å². The van der Waals surface area contributed by atoms with Crippen LogP contribution in [-0.2, 0) is 9.53 Å². The maximum Gasteiger partial charge on any atom is 0.281 e. The topological polar surface area (TPSA) is 45.7 Å². The Hall–Kier alpha value is -1.28. The standard InChI is InChI=1S/C13H13N3O2S2/c17-12-11(9-10-3-1-2-4-14-10)20-13(19)16(12)15-5-7-18-8-6-15/h1-4,9H,5-8H2/b11-9+.